The van der Waals surface area contributed by atoms with E-state index in [1.807, 2.05) is 37.4 Å². The van der Waals surface area contributed by atoms with E-state index in [-0.39, 0.29) is 23.8 Å². The fraction of sp³-hybridized carbons (Fsp3) is 0.136. The van der Waals surface area contributed by atoms with Crippen molar-refractivity contribution in [3.63, 3.8) is 0 Å². The molecule has 3 rings (SSSR count). The lowest BCUT2D eigenvalue weighted by Crippen LogP contribution is -2.20. The van der Waals surface area contributed by atoms with Gasteiger partial charge in [0.05, 0.1) is 0 Å². The normalized spacial score (nSPS) is 10.4. The summed E-state index contributed by atoms with van der Waals surface area (Å²) in [7, 11) is 0. The monoisotopic (exact) mass is 407 g/mol. The SMILES string of the molecule is CSc1ccc(NC(=O)c2ccc(C)c(NC(=O)Cn3ccc(=O)cc3)c2)cc1. The molecule has 148 valence electrons. The van der Waals surface area contributed by atoms with E-state index in [1.54, 1.807) is 46.9 Å². The summed E-state index contributed by atoms with van der Waals surface area (Å²) < 4.78 is 1.61. The third-order valence-corrected chi connectivity index (χ3v) is 5.05. The number of carbonyl (C=O) groups is 2. The number of carbonyl (C=O) groups excluding carboxylic acids is 2. The van der Waals surface area contributed by atoms with Crippen LogP contribution in [0.25, 0.3) is 0 Å². The zero-order valence-electron chi connectivity index (χ0n) is 16.1. The molecule has 1 aromatic heterocycles. The van der Waals surface area contributed by atoms with Gasteiger partial charge in [-0.2, -0.15) is 0 Å². The average molecular weight is 407 g/mol. The highest BCUT2D eigenvalue weighted by Gasteiger charge is 2.11. The molecule has 2 N–H and O–H groups in total. The average Bonchev–Trinajstić information content (AvgIpc) is 2.72. The van der Waals surface area contributed by atoms with Crippen molar-refractivity contribution in [2.45, 2.75) is 18.4 Å². The number of aromatic nitrogens is 1. The van der Waals surface area contributed by atoms with Crippen LogP contribution in [0.3, 0.4) is 0 Å². The highest BCUT2D eigenvalue weighted by molar-refractivity contribution is 7.98. The van der Waals surface area contributed by atoms with Crippen LogP contribution in [0, 0.1) is 6.92 Å². The van der Waals surface area contributed by atoms with E-state index < -0.39 is 0 Å². The van der Waals surface area contributed by atoms with Gasteiger partial charge in [0.25, 0.3) is 5.91 Å². The number of benzene rings is 2. The summed E-state index contributed by atoms with van der Waals surface area (Å²) in [5.74, 6) is -0.500. The number of nitrogens with one attached hydrogen (secondary N) is 2. The van der Waals surface area contributed by atoms with Crippen molar-refractivity contribution in [1.29, 1.82) is 0 Å². The molecule has 2 amide bonds. The van der Waals surface area contributed by atoms with Crippen molar-refractivity contribution in [3.05, 3.63) is 88.3 Å². The number of aryl methyl sites for hydroxylation is 1. The summed E-state index contributed by atoms with van der Waals surface area (Å²) in [5.41, 5.74) is 2.46. The number of hydrogen-bond donors (Lipinski definition) is 2. The Morgan fingerprint density at radius 1 is 0.966 bits per heavy atom. The lowest BCUT2D eigenvalue weighted by molar-refractivity contribution is -0.116. The van der Waals surface area contributed by atoms with Crippen LogP contribution in [-0.4, -0.2) is 22.6 Å². The number of amides is 2. The smallest absolute Gasteiger partial charge is 0.255 e. The van der Waals surface area contributed by atoms with Crippen molar-refractivity contribution in [2.75, 3.05) is 16.9 Å². The van der Waals surface area contributed by atoms with E-state index in [1.165, 1.54) is 12.1 Å². The largest absolute Gasteiger partial charge is 0.345 e. The number of thioether (sulfide) groups is 1. The fourth-order valence-corrected chi connectivity index (χ4v) is 3.09. The molecule has 0 aliphatic rings. The Morgan fingerprint density at radius 2 is 1.66 bits per heavy atom. The predicted octanol–water partition coefficient (Wildman–Crippen LogP) is 3.77. The third kappa shape index (κ3) is 5.58. The minimum absolute atomic E-state index is 0.0674. The number of rotatable bonds is 6. The molecular formula is C22H21N3O3S. The van der Waals surface area contributed by atoms with E-state index >= 15 is 0 Å². The summed E-state index contributed by atoms with van der Waals surface area (Å²) in [6, 6.07) is 15.6. The lowest BCUT2D eigenvalue weighted by Gasteiger charge is -2.12. The molecule has 7 heteroatoms. The van der Waals surface area contributed by atoms with Gasteiger partial charge >= 0.3 is 0 Å². The molecule has 0 unspecified atom stereocenters. The highest BCUT2D eigenvalue weighted by Crippen LogP contribution is 2.20. The Labute approximate surface area is 173 Å². The molecule has 0 aliphatic heterocycles. The van der Waals surface area contributed by atoms with E-state index in [9.17, 15) is 14.4 Å². The number of hydrogen-bond acceptors (Lipinski definition) is 4. The predicted molar refractivity (Wildman–Crippen MR) is 117 cm³/mol. The van der Waals surface area contributed by atoms with E-state index in [2.05, 4.69) is 10.6 Å². The quantitative estimate of drug-likeness (QED) is 0.610. The number of pyridine rings is 1. The van der Waals surface area contributed by atoms with Crippen molar-refractivity contribution in [3.8, 4) is 0 Å². The zero-order valence-corrected chi connectivity index (χ0v) is 17.0. The Morgan fingerprint density at radius 3 is 2.31 bits per heavy atom. The Balaban J connectivity index is 1.69. The fourth-order valence-electron chi connectivity index (χ4n) is 2.68. The van der Waals surface area contributed by atoms with Gasteiger partial charge in [0.2, 0.25) is 5.91 Å². The molecule has 0 bridgehead atoms. The molecule has 2 aromatic carbocycles. The molecular weight excluding hydrogens is 386 g/mol. The molecule has 3 aromatic rings. The van der Waals surface area contributed by atoms with Gasteiger partial charge in [0.1, 0.15) is 6.54 Å². The first kappa shape index (κ1) is 20.4. The van der Waals surface area contributed by atoms with Gasteiger partial charge in [-0.05, 0) is 55.1 Å². The Kier molecular flexibility index (Phi) is 6.51. The van der Waals surface area contributed by atoms with Gasteiger partial charge in [-0.15, -0.1) is 11.8 Å². The Hall–Kier alpha value is -3.32. The van der Waals surface area contributed by atoms with Gasteiger partial charge in [0, 0.05) is 46.4 Å². The summed E-state index contributed by atoms with van der Waals surface area (Å²) in [6.45, 7) is 1.93. The van der Waals surface area contributed by atoms with Crippen molar-refractivity contribution in [1.82, 2.24) is 4.57 Å². The summed E-state index contributed by atoms with van der Waals surface area (Å²) in [5, 5.41) is 5.69. The van der Waals surface area contributed by atoms with E-state index in [4.69, 9.17) is 0 Å². The molecule has 0 atom stereocenters. The van der Waals surface area contributed by atoms with E-state index in [0.717, 1.165) is 10.5 Å². The van der Waals surface area contributed by atoms with Gasteiger partial charge in [-0.3, -0.25) is 14.4 Å². The minimum atomic E-state index is -0.252. The van der Waals surface area contributed by atoms with Crippen LogP contribution in [0.15, 0.2) is 76.7 Å². The molecule has 1 heterocycles. The second-order valence-electron chi connectivity index (χ2n) is 6.47. The van der Waals surface area contributed by atoms with Gasteiger partial charge < -0.3 is 15.2 Å². The summed E-state index contributed by atoms with van der Waals surface area (Å²) >= 11 is 1.63. The van der Waals surface area contributed by atoms with Crippen LogP contribution >= 0.6 is 11.8 Å². The van der Waals surface area contributed by atoms with Crippen molar-refractivity contribution < 1.29 is 9.59 Å². The second-order valence-corrected chi connectivity index (χ2v) is 7.35. The second kappa shape index (κ2) is 9.25. The molecule has 0 radical (unpaired) electrons. The van der Waals surface area contributed by atoms with Crippen molar-refractivity contribution >= 4 is 35.0 Å². The standard InChI is InChI=1S/C22H21N3O3S/c1-15-3-4-16(22(28)23-17-5-7-19(29-2)8-6-17)13-20(15)24-21(27)14-25-11-9-18(26)10-12-25/h3-13H,14H2,1-2H3,(H,23,28)(H,24,27). The maximum Gasteiger partial charge on any atom is 0.255 e. The topological polar surface area (TPSA) is 80.2 Å². The van der Waals surface area contributed by atoms with Crippen LogP contribution in [0.4, 0.5) is 11.4 Å². The third-order valence-electron chi connectivity index (χ3n) is 4.31. The minimum Gasteiger partial charge on any atom is -0.345 e. The first-order valence-electron chi connectivity index (χ1n) is 8.96. The molecule has 0 spiro atoms. The molecule has 0 saturated carbocycles. The molecule has 29 heavy (non-hydrogen) atoms. The van der Waals surface area contributed by atoms with Crippen LogP contribution < -0.4 is 16.1 Å². The number of nitrogens with zero attached hydrogens (tertiary/aromatic N) is 1. The maximum atomic E-state index is 12.6. The van der Waals surface area contributed by atoms with Crippen LogP contribution in [0.2, 0.25) is 0 Å². The van der Waals surface area contributed by atoms with Crippen LogP contribution in [-0.2, 0) is 11.3 Å². The molecule has 0 saturated heterocycles. The zero-order chi connectivity index (χ0) is 20.8. The van der Waals surface area contributed by atoms with Crippen LogP contribution in [0.5, 0.6) is 0 Å². The Bertz CT molecular complexity index is 1070. The van der Waals surface area contributed by atoms with Gasteiger partial charge in [0.15, 0.2) is 5.43 Å². The van der Waals surface area contributed by atoms with Crippen LogP contribution in [0.1, 0.15) is 15.9 Å². The summed E-state index contributed by atoms with van der Waals surface area (Å²) in [6.07, 6.45) is 5.11. The van der Waals surface area contributed by atoms with Gasteiger partial charge in [-0.25, -0.2) is 0 Å². The summed E-state index contributed by atoms with van der Waals surface area (Å²) in [4.78, 5) is 37.2. The molecule has 0 fully saturated rings. The van der Waals surface area contributed by atoms with E-state index in [0.29, 0.717) is 16.9 Å². The van der Waals surface area contributed by atoms with Crippen molar-refractivity contribution in [2.24, 2.45) is 0 Å². The van der Waals surface area contributed by atoms with Gasteiger partial charge in [-0.1, -0.05) is 6.07 Å². The first-order chi connectivity index (χ1) is 13.9. The first-order valence-corrected chi connectivity index (χ1v) is 10.2. The molecule has 6 nitrogen and oxygen atoms in total. The number of anilines is 2. The molecule has 0 aliphatic carbocycles. The highest BCUT2D eigenvalue weighted by atomic mass is 32.2. The lowest BCUT2D eigenvalue weighted by atomic mass is 10.1. The maximum absolute atomic E-state index is 12.6.